The van der Waals surface area contributed by atoms with Crippen molar-refractivity contribution in [2.75, 3.05) is 13.1 Å². The molecule has 0 unspecified atom stereocenters. The van der Waals surface area contributed by atoms with E-state index < -0.39 is 0 Å². The average molecular weight is 329 g/mol. The van der Waals surface area contributed by atoms with Crippen molar-refractivity contribution < 1.29 is 14.0 Å². The van der Waals surface area contributed by atoms with Crippen molar-refractivity contribution >= 4 is 22.9 Å². The van der Waals surface area contributed by atoms with Gasteiger partial charge in [-0.2, -0.15) is 0 Å². The molecule has 3 rings (SSSR count). The summed E-state index contributed by atoms with van der Waals surface area (Å²) < 4.78 is 5.50. The Hall–Kier alpha value is -2.37. The lowest BCUT2D eigenvalue weighted by Crippen LogP contribution is -2.38. The van der Waals surface area contributed by atoms with Gasteiger partial charge in [-0.15, -0.1) is 0 Å². The molecule has 1 saturated carbocycles. The van der Waals surface area contributed by atoms with Crippen molar-refractivity contribution in [2.24, 2.45) is 5.92 Å². The number of carbonyl (C=O) groups is 2. The lowest BCUT2D eigenvalue weighted by Gasteiger charge is -2.20. The number of aromatic nitrogens is 1. The van der Waals surface area contributed by atoms with Gasteiger partial charge in [-0.3, -0.25) is 9.59 Å². The van der Waals surface area contributed by atoms with Gasteiger partial charge >= 0.3 is 0 Å². The summed E-state index contributed by atoms with van der Waals surface area (Å²) in [5, 5.41) is 5.65. The number of amides is 2. The number of hydrogen-bond donors (Lipinski definition) is 2. The number of hydrogen-bond acceptors (Lipinski definition) is 4. The van der Waals surface area contributed by atoms with E-state index in [-0.39, 0.29) is 23.5 Å². The molecule has 0 aliphatic heterocycles. The molecule has 2 aromatic rings. The van der Waals surface area contributed by atoms with Crippen molar-refractivity contribution in [3.63, 3.8) is 0 Å². The molecule has 2 aromatic heterocycles. The SMILES string of the molecule is Cc1ccc2oc(C(=O)NCCNC(=O)C3CCCCC3)cc2n1. The molecule has 0 saturated heterocycles. The normalized spacial score (nSPS) is 15.4. The van der Waals surface area contributed by atoms with Gasteiger partial charge < -0.3 is 15.1 Å². The fraction of sp³-hybridized carbons (Fsp3) is 0.500. The van der Waals surface area contributed by atoms with Crippen LogP contribution in [-0.2, 0) is 4.79 Å². The fourth-order valence-corrected chi connectivity index (χ4v) is 3.10. The second kappa shape index (κ2) is 7.47. The molecule has 0 aromatic carbocycles. The Labute approximate surface area is 141 Å². The Morgan fingerprint density at radius 2 is 1.92 bits per heavy atom. The highest BCUT2D eigenvalue weighted by molar-refractivity contribution is 5.95. The van der Waals surface area contributed by atoms with Crippen LogP contribution in [0.2, 0.25) is 0 Å². The first-order chi connectivity index (χ1) is 11.6. The number of carbonyl (C=O) groups excluding carboxylic acids is 2. The van der Waals surface area contributed by atoms with E-state index in [1.807, 2.05) is 13.0 Å². The zero-order valence-corrected chi connectivity index (χ0v) is 13.9. The van der Waals surface area contributed by atoms with Crippen molar-refractivity contribution in [3.05, 3.63) is 29.7 Å². The Morgan fingerprint density at radius 1 is 1.17 bits per heavy atom. The molecule has 2 heterocycles. The second-order valence-corrected chi connectivity index (χ2v) is 6.33. The summed E-state index contributed by atoms with van der Waals surface area (Å²) in [4.78, 5) is 28.4. The van der Waals surface area contributed by atoms with Crippen LogP contribution in [-0.4, -0.2) is 29.9 Å². The summed E-state index contributed by atoms with van der Waals surface area (Å²) in [5.41, 5.74) is 2.14. The average Bonchev–Trinajstić information content (AvgIpc) is 3.02. The molecule has 24 heavy (non-hydrogen) atoms. The summed E-state index contributed by atoms with van der Waals surface area (Å²) in [6.45, 7) is 2.70. The third-order valence-corrected chi connectivity index (χ3v) is 4.42. The molecule has 2 N–H and O–H groups in total. The molecule has 0 bridgehead atoms. The van der Waals surface area contributed by atoms with Gasteiger partial charge in [0.1, 0.15) is 5.52 Å². The Morgan fingerprint density at radius 3 is 2.71 bits per heavy atom. The van der Waals surface area contributed by atoms with Crippen LogP contribution in [0, 0.1) is 12.8 Å². The number of furan rings is 1. The highest BCUT2D eigenvalue weighted by atomic mass is 16.3. The monoisotopic (exact) mass is 329 g/mol. The number of nitrogens with zero attached hydrogens (tertiary/aromatic N) is 1. The van der Waals surface area contributed by atoms with Gasteiger partial charge in [0.25, 0.3) is 5.91 Å². The summed E-state index contributed by atoms with van der Waals surface area (Å²) in [6.07, 6.45) is 5.45. The first-order valence-corrected chi connectivity index (χ1v) is 8.56. The van der Waals surface area contributed by atoms with Crippen LogP contribution in [0.15, 0.2) is 22.6 Å². The molecular formula is C18H23N3O3. The molecule has 6 nitrogen and oxygen atoms in total. The molecule has 128 valence electrons. The first-order valence-electron chi connectivity index (χ1n) is 8.56. The predicted octanol–water partition coefficient (Wildman–Crippen LogP) is 2.56. The van der Waals surface area contributed by atoms with Crippen molar-refractivity contribution in [2.45, 2.75) is 39.0 Å². The minimum absolute atomic E-state index is 0.104. The minimum atomic E-state index is -0.294. The van der Waals surface area contributed by atoms with E-state index in [2.05, 4.69) is 15.6 Å². The lowest BCUT2D eigenvalue weighted by atomic mass is 9.89. The lowest BCUT2D eigenvalue weighted by molar-refractivity contribution is -0.125. The third kappa shape index (κ3) is 3.93. The van der Waals surface area contributed by atoms with E-state index in [9.17, 15) is 9.59 Å². The predicted molar refractivity (Wildman–Crippen MR) is 90.7 cm³/mol. The van der Waals surface area contributed by atoms with Crippen molar-refractivity contribution in [3.8, 4) is 0 Å². The van der Waals surface area contributed by atoms with E-state index in [1.54, 1.807) is 12.1 Å². The highest BCUT2D eigenvalue weighted by Crippen LogP contribution is 2.23. The van der Waals surface area contributed by atoms with Gasteiger partial charge in [0, 0.05) is 30.8 Å². The van der Waals surface area contributed by atoms with Crippen LogP contribution in [0.3, 0.4) is 0 Å². The first kappa shape index (κ1) is 16.5. The maximum atomic E-state index is 12.1. The van der Waals surface area contributed by atoms with Gasteiger partial charge in [0.2, 0.25) is 5.91 Å². The Bertz CT molecular complexity index is 732. The molecule has 1 aliphatic carbocycles. The molecule has 0 atom stereocenters. The standard InChI is InChI=1S/C18H23N3O3/c1-12-7-8-15-14(21-12)11-16(24-15)18(23)20-10-9-19-17(22)13-5-3-2-4-6-13/h7-8,11,13H,2-6,9-10H2,1H3,(H,19,22)(H,20,23). The summed E-state index contributed by atoms with van der Waals surface area (Å²) >= 11 is 0. The zero-order valence-electron chi connectivity index (χ0n) is 13.9. The van der Waals surface area contributed by atoms with Gasteiger partial charge in [-0.05, 0) is 31.9 Å². The van der Waals surface area contributed by atoms with Gasteiger partial charge in [-0.25, -0.2) is 4.98 Å². The van der Waals surface area contributed by atoms with Crippen LogP contribution >= 0.6 is 0 Å². The third-order valence-electron chi connectivity index (χ3n) is 4.42. The van der Waals surface area contributed by atoms with E-state index in [0.29, 0.717) is 24.2 Å². The summed E-state index contributed by atoms with van der Waals surface area (Å²) in [7, 11) is 0. The smallest absolute Gasteiger partial charge is 0.287 e. The largest absolute Gasteiger partial charge is 0.449 e. The quantitative estimate of drug-likeness (QED) is 0.826. The summed E-state index contributed by atoms with van der Waals surface area (Å²) in [6, 6.07) is 5.28. The maximum absolute atomic E-state index is 12.1. The molecule has 1 aliphatic rings. The minimum Gasteiger partial charge on any atom is -0.449 e. The number of pyridine rings is 1. The number of rotatable bonds is 5. The topological polar surface area (TPSA) is 84.2 Å². The van der Waals surface area contributed by atoms with Crippen LogP contribution < -0.4 is 10.6 Å². The Kier molecular flexibility index (Phi) is 5.13. The fourth-order valence-electron chi connectivity index (χ4n) is 3.10. The van der Waals surface area contributed by atoms with E-state index in [4.69, 9.17) is 4.42 Å². The van der Waals surface area contributed by atoms with Gasteiger partial charge in [-0.1, -0.05) is 19.3 Å². The van der Waals surface area contributed by atoms with Crippen LogP contribution in [0.4, 0.5) is 0 Å². The van der Waals surface area contributed by atoms with E-state index in [0.717, 1.165) is 31.4 Å². The second-order valence-electron chi connectivity index (χ2n) is 6.33. The van der Waals surface area contributed by atoms with E-state index in [1.165, 1.54) is 6.42 Å². The molecule has 0 spiro atoms. The number of fused-ring (bicyclic) bond motifs is 1. The van der Waals surface area contributed by atoms with Crippen LogP contribution in [0.5, 0.6) is 0 Å². The Balaban J connectivity index is 1.45. The zero-order chi connectivity index (χ0) is 16.9. The highest BCUT2D eigenvalue weighted by Gasteiger charge is 2.20. The number of aryl methyl sites for hydroxylation is 1. The molecule has 6 heteroatoms. The van der Waals surface area contributed by atoms with Crippen molar-refractivity contribution in [1.29, 1.82) is 0 Å². The molecule has 2 amide bonds. The van der Waals surface area contributed by atoms with Crippen molar-refractivity contribution in [1.82, 2.24) is 15.6 Å². The van der Waals surface area contributed by atoms with Gasteiger partial charge in [0.15, 0.2) is 11.3 Å². The van der Waals surface area contributed by atoms with Crippen LogP contribution in [0.1, 0.15) is 48.4 Å². The molecule has 1 fully saturated rings. The number of nitrogens with one attached hydrogen (secondary N) is 2. The maximum Gasteiger partial charge on any atom is 0.287 e. The van der Waals surface area contributed by atoms with Crippen LogP contribution in [0.25, 0.3) is 11.1 Å². The summed E-state index contributed by atoms with van der Waals surface area (Å²) in [5.74, 6) is 0.186. The molecular weight excluding hydrogens is 306 g/mol. The molecule has 0 radical (unpaired) electrons. The van der Waals surface area contributed by atoms with Gasteiger partial charge in [0.05, 0.1) is 0 Å². The van der Waals surface area contributed by atoms with E-state index >= 15 is 0 Å².